The number of aromatic amines is 1. The zero-order valence-electron chi connectivity index (χ0n) is 14.8. The van der Waals surface area contributed by atoms with E-state index in [1.165, 1.54) is 43.5 Å². The van der Waals surface area contributed by atoms with Gasteiger partial charge in [-0.05, 0) is 30.3 Å². The topological polar surface area (TPSA) is 113 Å². The maximum atomic E-state index is 12.7. The van der Waals surface area contributed by atoms with Gasteiger partial charge in [-0.3, -0.25) is 9.52 Å². The van der Waals surface area contributed by atoms with Gasteiger partial charge in [0.25, 0.3) is 12.3 Å². The highest BCUT2D eigenvalue weighted by molar-refractivity contribution is 7.92. The van der Waals surface area contributed by atoms with Gasteiger partial charge in [0.2, 0.25) is 10.0 Å². The van der Waals surface area contributed by atoms with Crippen molar-refractivity contribution >= 4 is 38.3 Å². The lowest BCUT2D eigenvalue weighted by molar-refractivity contribution is 0.102. The molecule has 0 saturated carbocycles. The normalized spacial score (nSPS) is 11.6. The Kier molecular flexibility index (Phi) is 5.18. The number of rotatable bonds is 6. The monoisotopic (exact) mass is 410 g/mol. The molecule has 11 heteroatoms. The third-order valence-corrected chi connectivity index (χ3v) is 4.31. The molecule has 1 heterocycles. The zero-order valence-corrected chi connectivity index (χ0v) is 15.6. The molecule has 0 bridgehead atoms. The van der Waals surface area contributed by atoms with Gasteiger partial charge in [-0.25, -0.2) is 22.2 Å². The molecule has 0 unspecified atom stereocenters. The smallest absolute Gasteiger partial charge is 0.295 e. The molecule has 28 heavy (non-hydrogen) atoms. The average molecular weight is 410 g/mol. The summed E-state index contributed by atoms with van der Waals surface area (Å²) in [4.78, 5) is 18.7. The van der Waals surface area contributed by atoms with Gasteiger partial charge in [0.1, 0.15) is 5.75 Å². The van der Waals surface area contributed by atoms with Crippen molar-refractivity contribution in [3.05, 3.63) is 47.8 Å². The zero-order chi connectivity index (χ0) is 20.5. The van der Waals surface area contributed by atoms with Crippen molar-refractivity contribution in [2.75, 3.05) is 23.4 Å². The van der Waals surface area contributed by atoms with E-state index in [4.69, 9.17) is 4.74 Å². The number of hydrogen-bond donors (Lipinski definition) is 3. The Balaban J connectivity index is 1.83. The summed E-state index contributed by atoms with van der Waals surface area (Å²) in [7, 11) is -2.13. The number of benzene rings is 2. The van der Waals surface area contributed by atoms with E-state index in [1.54, 1.807) is 0 Å². The number of methoxy groups -OCH3 is 1. The van der Waals surface area contributed by atoms with Gasteiger partial charge in [-0.2, -0.15) is 0 Å². The van der Waals surface area contributed by atoms with E-state index >= 15 is 0 Å². The number of ether oxygens (including phenoxy) is 1. The van der Waals surface area contributed by atoms with Crippen LogP contribution in [0.4, 0.5) is 20.2 Å². The van der Waals surface area contributed by atoms with Gasteiger partial charge < -0.3 is 15.0 Å². The number of amides is 1. The van der Waals surface area contributed by atoms with Crippen molar-refractivity contribution in [2.45, 2.75) is 6.43 Å². The molecule has 0 fully saturated rings. The third kappa shape index (κ3) is 4.36. The summed E-state index contributed by atoms with van der Waals surface area (Å²) >= 11 is 0. The second kappa shape index (κ2) is 7.43. The Hall–Kier alpha value is -3.21. The minimum Gasteiger partial charge on any atom is -0.494 e. The van der Waals surface area contributed by atoms with Gasteiger partial charge in [0, 0.05) is 17.3 Å². The number of fused-ring (bicyclic) bond motifs is 1. The van der Waals surface area contributed by atoms with E-state index in [0.29, 0.717) is 16.7 Å². The van der Waals surface area contributed by atoms with E-state index in [2.05, 4.69) is 20.0 Å². The number of nitrogens with one attached hydrogen (secondary N) is 3. The fourth-order valence-electron chi connectivity index (χ4n) is 2.53. The first-order chi connectivity index (χ1) is 13.2. The van der Waals surface area contributed by atoms with Crippen molar-refractivity contribution in [1.29, 1.82) is 0 Å². The summed E-state index contributed by atoms with van der Waals surface area (Å²) in [6.07, 6.45) is -1.73. The van der Waals surface area contributed by atoms with E-state index in [1.807, 2.05) is 0 Å². The molecule has 0 radical (unpaired) electrons. The molecular formula is C17H16F2N4O4S. The highest BCUT2D eigenvalue weighted by Crippen LogP contribution is 2.29. The van der Waals surface area contributed by atoms with Crippen molar-refractivity contribution in [2.24, 2.45) is 0 Å². The fraction of sp³-hybridized carbons (Fsp3) is 0.176. The highest BCUT2D eigenvalue weighted by atomic mass is 32.2. The molecule has 8 nitrogen and oxygen atoms in total. The van der Waals surface area contributed by atoms with Gasteiger partial charge in [-0.1, -0.05) is 0 Å². The number of hydrogen-bond acceptors (Lipinski definition) is 5. The molecular weight excluding hydrogens is 394 g/mol. The molecule has 3 rings (SSSR count). The summed E-state index contributed by atoms with van der Waals surface area (Å²) in [5.41, 5.74) is 1.45. The second-order valence-corrected chi connectivity index (χ2v) is 7.65. The molecule has 0 aliphatic heterocycles. The van der Waals surface area contributed by atoms with Gasteiger partial charge in [0.15, 0.2) is 5.82 Å². The Morgan fingerprint density at radius 3 is 2.61 bits per heavy atom. The second-order valence-electron chi connectivity index (χ2n) is 5.90. The minimum absolute atomic E-state index is 0.217. The Morgan fingerprint density at radius 2 is 1.96 bits per heavy atom. The van der Waals surface area contributed by atoms with Crippen LogP contribution in [0.1, 0.15) is 22.6 Å². The van der Waals surface area contributed by atoms with Crippen LogP contribution < -0.4 is 14.8 Å². The van der Waals surface area contributed by atoms with Gasteiger partial charge in [-0.15, -0.1) is 0 Å². The molecule has 0 spiro atoms. The lowest BCUT2D eigenvalue weighted by Crippen LogP contribution is -2.13. The standard InChI is InChI=1S/C17H16F2N4O4S/c1-27-14-8-10(4-6-12(14)23-28(2,25)26)20-17(24)9-3-5-11-13(7-9)22-16(21-11)15(18)19/h3-8,15,23H,1-2H3,(H,20,24)(H,21,22). The maximum absolute atomic E-state index is 12.7. The molecule has 3 N–H and O–H groups in total. The average Bonchev–Trinajstić information content (AvgIpc) is 3.05. The van der Waals surface area contributed by atoms with Crippen LogP contribution in [-0.2, 0) is 10.0 Å². The van der Waals surface area contributed by atoms with Gasteiger partial charge >= 0.3 is 0 Å². The Morgan fingerprint density at radius 1 is 1.21 bits per heavy atom. The molecule has 2 aromatic carbocycles. The number of nitrogens with zero attached hydrogens (tertiary/aromatic N) is 1. The van der Waals surface area contributed by atoms with E-state index in [0.717, 1.165) is 6.26 Å². The summed E-state index contributed by atoms with van der Waals surface area (Å²) < 4.78 is 55.7. The number of carbonyl (C=O) groups excluding carboxylic acids is 1. The predicted molar refractivity (Wildman–Crippen MR) is 100 cm³/mol. The van der Waals surface area contributed by atoms with Crippen LogP contribution in [0.5, 0.6) is 5.75 Å². The van der Waals surface area contributed by atoms with Crippen LogP contribution in [0, 0.1) is 0 Å². The van der Waals surface area contributed by atoms with Crippen LogP contribution in [-0.4, -0.2) is 37.7 Å². The summed E-state index contributed by atoms with van der Waals surface area (Å²) in [5, 5.41) is 2.64. The summed E-state index contributed by atoms with van der Waals surface area (Å²) in [6.45, 7) is 0. The molecule has 148 valence electrons. The lowest BCUT2D eigenvalue weighted by Gasteiger charge is -2.12. The van der Waals surface area contributed by atoms with Crippen molar-refractivity contribution in [3.63, 3.8) is 0 Å². The number of carbonyl (C=O) groups is 1. The molecule has 0 aliphatic carbocycles. The largest absolute Gasteiger partial charge is 0.494 e. The first-order valence-corrected chi connectivity index (χ1v) is 9.80. The van der Waals surface area contributed by atoms with Gasteiger partial charge in [0.05, 0.1) is 30.1 Å². The van der Waals surface area contributed by atoms with Crippen LogP contribution in [0.15, 0.2) is 36.4 Å². The van der Waals surface area contributed by atoms with Crippen LogP contribution >= 0.6 is 0 Å². The predicted octanol–water partition coefficient (Wildman–Crippen LogP) is 3.13. The number of alkyl halides is 2. The van der Waals surface area contributed by atoms with Crippen molar-refractivity contribution in [3.8, 4) is 5.75 Å². The van der Waals surface area contributed by atoms with E-state index in [-0.39, 0.29) is 17.0 Å². The van der Waals surface area contributed by atoms with Crippen LogP contribution in [0.25, 0.3) is 11.0 Å². The summed E-state index contributed by atoms with van der Waals surface area (Å²) in [5.74, 6) is -0.735. The first kappa shape index (κ1) is 19.5. The minimum atomic E-state index is -3.49. The molecule has 1 aromatic heterocycles. The van der Waals surface area contributed by atoms with E-state index in [9.17, 15) is 22.0 Å². The number of aromatic nitrogens is 2. The Bertz CT molecular complexity index is 1150. The molecule has 0 aliphatic rings. The van der Waals surface area contributed by atoms with Crippen LogP contribution in [0.2, 0.25) is 0 Å². The quantitative estimate of drug-likeness (QED) is 0.578. The highest BCUT2D eigenvalue weighted by Gasteiger charge is 2.15. The number of imidazole rings is 1. The van der Waals surface area contributed by atoms with Crippen LogP contribution in [0.3, 0.4) is 0 Å². The lowest BCUT2D eigenvalue weighted by atomic mass is 10.2. The SMILES string of the molecule is COc1cc(NC(=O)c2ccc3nc(C(F)F)[nH]c3c2)ccc1NS(C)(=O)=O. The van der Waals surface area contributed by atoms with Crippen molar-refractivity contribution in [1.82, 2.24) is 9.97 Å². The molecule has 0 atom stereocenters. The van der Waals surface area contributed by atoms with E-state index < -0.39 is 28.2 Å². The first-order valence-electron chi connectivity index (χ1n) is 7.91. The van der Waals surface area contributed by atoms with Crippen molar-refractivity contribution < 1.29 is 26.7 Å². The molecule has 1 amide bonds. The summed E-state index contributed by atoms with van der Waals surface area (Å²) in [6, 6.07) is 8.74. The number of halogens is 2. The Labute approximate surface area is 159 Å². The third-order valence-electron chi connectivity index (χ3n) is 3.72. The molecule has 3 aromatic rings. The fourth-order valence-corrected chi connectivity index (χ4v) is 3.10. The number of sulfonamides is 1. The molecule has 0 saturated heterocycles. The maximum Gasteiger partial charge on any atom is 0.295 e. The number of H-pyrrole nitrogens is 1. The number of anilines is 2.